The van der Waals surface area contributed by atoms with E-state index in [9.17, 15) is 15.0 Å². The number of aliphatic hydroxyl groups excluding tert-OH is 1. The van der Waals surface area contributed by atoms with E-state index in [4.69, 9.17) is 4.74 Å². The number of carbonyl (C=O) groups is 1. The van der Waals surface area contributed by atoms with Crippen molar-refractivity contribution in [2.24, 2.45) is 44.8 Å². The van der Waals surface area contributed by atoms with Gasteiger partial charge in [0.25, 0.3) is 0 Å². The maximum Gasteiger partial charge on any atom is 0.138 e. The van der Waals surface area contributed by atoms with Gasteiger partial charge in [-0.2, -0.15) is 0 Å². The molecular weight excluding hydrogens is 424 g/mol. The number of fused-ring (bicyclic) bond motifs is 2. The lowest BCUT2D eigenvalue weighted by atomic mass is 9.41. The molecule has 5 saturated carbocycles. The molecular formula is C30H48O4. The average molecular weight is 473 g/mol. The van der Waals surface area contributed by atoms with Crippen molar-refractivity contribution in [2.75, 3.05) is 0 Å². The molecule has 2 spiro atoms. The summed E-state index contributed by atoms with van der Waals surface area (Å²) in [5.74, 6) is 1.76. The SMILES string of the molecule is CC1(C)C(=O)CC[C@]23C[C@]24CC[C@]2(C)C([C@]5(C)CC[C@H](C(C)(C)O)O5)[C@@H](O)C[C@@]2(C)C4CCC13. The molecule has 6 aliphatic rings. The minimum absolute atomic E-state index is 0.0300. The molecule has 0 aromatic rings. The van der Waals surface area contributed by atoms with Gasteiger partial charge in [-0.25, -0.2) is 0 Å². The highest BCUT2D eigenvalue weighted by molar-refractivity contribution is 5.86. The lowest BCUT2D eigenvalue weighted by Gasteiger charge is -2.63. The van der Waals surface area contributed by atoms with Crippen LogP contribution >= 0.6 is 0 Å². The summed E-state index contributed by atoms with van der Waals surface area (Å²) in [6.45, 7) is 15.4. The van der Waals surface area contributed by atoms with Crippen molar-refractivity contribution in [1.29, 1.82) is 0 Å². The molecule has 6 fully saturated rings. The molecule has 192 valence electrons. The molecule has 1 aliphatic heterocycles. The van der Waals surface area contributed by atoms with Gasteiger partial charge in [0.15, 0.2) is 0 Å². The summed E-state index contributed by atoms with van der Waals surface area (Å²) < 4.78 is 6.67. The fourth-order valence-electron chi connectivity index (χ4n) is 11.9. The van der Waals surface area contributed by atoms with Crippen LogP contribution in [0.5, 0.6) is 0 Å². The normalized spacial score (nSPS) is 58.0. The van der Waals surface area contributed by atoms with Crippen LogP contribution in [-0.4, -0.2) is 39.4 Å². The summed E-state index contributed by atoms with van der Waals surface area (Å²) in [4.78, 5) is 12.9. The predicted molar refractivity (Wildman–Crippen MR) is 132 cm³/mol. The second kappa shape index (κ2) is 6.51. The van der Waals surface area contributed by atoms with Crippen LogP contribution in [-0.2, 0) is 9.53 Å². The summed E-state index contributed by atoms with van der Waals surface area (Å²) >= 11 is 0. The average Bonchev–Trinajstić information content (AvgIpc) is 3.11. The molecule has 6 rings (SSSR count). The lowest BCUT2D eigenvalue weighted by Crippen LogP contribution is -2.59. The van der Waals surface area contributed by atoms with Crippen LogP contribution in [0.4, 0.5) is 0 Å². The number of carbonyl (C=O) groups excluding carboxylic acids is 1. The Balaban J connectivity index is 1.35. The van der Waals surface area contributed by atoms with E-state index in [1.54, 1.807) is 0 Å². The monoisotopic (exact) mass is 472 g/mol. The van der Waals surface area contributed by atoms with Gasteiger partial charge in [0.1, 0.15) is 5.78 Å². The third kappa shape index (κ3) is 2.55. The second-order valence-corrected chi connectivity index (χ2v) is 15.5. The first kappa shape index (κ1) is 23.9. The first-order chi connectivity index (χ1) is 15.6. The molecule has 5 aliphatic carbocycles. The van der Waals surface area contributed by atoms with Crippen molar-refractivity contribution in [3.63, 3.8) is 0 Å². The van der Waals surface area contributed by atoms with Gasteiger partial charge in [0, 0.05) is 17.8 Å². The zero-order valence-electron chi connectivity index (χ0n) is 22.7. The first-order valence-electron chi connectivity index (χ1n) is 14.2. The summed E-state index contributed by atoms with van der Waals surface area (Å²) in [6.07, 6.45) is 10.1. The Morgan fingerprint density at radius 1 is 0.882 bits per heavy atom. The Hall–Kier alpha value is -0.450. The van der Waals surface area contributed by atoms with E-state index in [-0.39, 0.29) is 34.4 Å². The van der Waals surface area contributed by atoms with Crippen LogP contribution in [0.15, 0.2) is 0 Å². The molecule has 1 saturated heterocycles. The van der Waals surface area contributed by atoms with Gasteiger partial charge in [-0.1, -0.05) is 27.7 Å². The van der Waals surface area contributed by atoms with E-state index in [0.29, 0.717) is 28.4 Å². The van der Waals surface area contributed by atoms with E-state index in [2.05, 4.69) is 34.6 Å². The number of Topliss-reactive ketones (excluding diaryl/α,β-unsaturated/α-hetero) is 1. The zero-order valence-corrected chi connectivity index (χ0v) is 22.7. The largest absolute Gasteiger partial charge is 0.393 e. The molecule has 10 atom stereocenters. The lowest BCUT2D eigenvalue weighted by molar-refractivity contribution is -0.192. The van der Waals surface area contributed by atoms with Gasteiger partial charge in [0.05, 0.1) is 23.4 Å². The summed E-state index contributed by atoms with van der Waals surface area (Å²) in [6, 6.07) is 0. The van der Waals surface area contributed by atoms with Crippen molar-refractivity contribution < 1.29 is 19.7 Å². The molecule has 4 nitrogen and oxygen atoms in total. The molecule has 4 heteroatoms. The van der Waals surface area contributed by atoms with E-state index < -0.39 is 11.2 Å². The number of aliphatic hydroxyl groups is 2. The van der Waals surface area contributed by atoms with Gasteiger partial charge in [-0.05, 0) is 112 Å². The van der Waals surface area contributed by atoms with Crippen LogP contribution in [0.1, 0.15) is 113 Å². The number of ketones is 1. The number of ether oxygens (including phenoxy) is 1. The van der Waals surface area contributed by atoms with Crippen LogP contribution in [0.3, 0.4) is 0 Å². The minimum atomic E-state index is -0.855. The van der Waals surface area contributed by atoms with Crippen molar-refractivity contribution in [3.05, 3.63) is 0 Å². The van der Waals surface area contributed by atoms with E-state index in [1.807, 2.05) is 13.8 Å². The third-order valence-electron chi connectivity index (χ3n) is 13.6. The topological polar surface area (TPSA) is 66.8 Å². The molecule has 1 heterocycles. The van der Waals surface area contributed by atoms with Crippen molar-refractivity contribution >= 4 is 5.78 Å². The zero-order chi connectivity index (χ0) is 24.7. The van der Waals surface area contributed by atoms with Crippen molar-refractivity contribution in [1.82, 2.24) is 0 Å². The smallest absolute Gasteiger partial charge is 0.138 e. The molecule has 0 radical (unpaired) electrons. The summed E-state index contributed by atoms with van der Waals surface area (Å²) in [5.41, 5.74) is -0.560. The Morgan fingerprint density at radius 3 is 2.18 bits per heavy atom. The maximum absolute atomic E-state index is 12.9. The van der Waals surface area contributed by atoms with Gasteiger partial charge in [0.2, 0.25) is 0 Å². The second-order valence-electron chi connectivity index (χ2n) is 15.5. The Kier molecular flexibility index (Phi) is 4.58. The Bertz CT molecular complexity index is 919. The summed E-state index contributed by atoms with van der Waals surface area (Å²) in [5, 5.41) is 22.4. The van der Waals surface area contributed by atoms with Crippen LogP contribution in [0.25, 0.3) is 0 Å². The van der Waals surface area contributed by atoms with Crippen LogP contribution in [0, 0.1) is 44.8 Å². The predicted octanol–water partition coefficient (Wildman–Crippen LogP) is 5.67. The fraction of sp³-hybridized carbons (Fsp3) is 0.967. The molecule has 0 aromatic carbocycles. The molecule has 3 unspecified atom stereocenters. The van der Waals surface area contributed by atoms with Crippen molar-refractivity contribution in [2.45, 2.75) is 136 Å². The molecule has 0 amide bonds. The highest BCUT2D eigenvalue weighted by Gasteiger charge is 2.83. The van der Waals surface area contributed by atoms with Crippen LogP contribution in [0.2, 0.25) is 0 Å². The molecule has 2 N–H and O–H groups in total. The number of rotatable bonds is 2. The fourth-order valence-corrected chi connectivity index (χ4v) is 11.9. The van der Waals surface area contributed by atoms with Gasteiger partial charge >= 0.3 is 0 Å². The van der Waals surface area contributed by atoms with E-state index in [1.165, 1.54) is 25.7 Å². The Morgan fingerprint density at radius 2 is 1.53 bits per heavy atom. The Labute approximate surface area is 206 Å². The van der Waals surface area contributed by atoms with Crippen molar-refractivity contribution in [3.8, 4) is 0 Å². The highest BCUT2D eigenvalue weighted by atomic mass is 16.5. The maximum atomic E-state index is 12.9. The summed E-state index contributed by atoms with van der Waals surface area (Å²) in [7, 11) is 0. The quantitative estimate of drug-likeness (QED) is 0.543. The van der Waals surface area contributed by atoms with Gasteiger partial charge in [-0.15, -0.1) is 0 Å². The first-order valence-corrected chi connectivity index (χ1v) is 14.2. The minimum Gasteiger partial charge on any atom is -0.393 e. The van der Waals surface area contributed by atoms with Crippen LogP contribution < -0.4 is 0 Å². The molecule has 0 aromatic heterocycles. The van der Waals surface area contributed by atoms with E-state index in [0.717, 1.165) is 38.5 Å². The third-order valence-corrected chi connectivity index (χ3v) is 13.6. The standard InChI is InChI=1S/C30H48O4/c1-24(2)19-8-9-20-27(6)16-18(31)23(28(7)12-11-22(34-28)25(3,4)33)26(27,5)14-15-30(20)17-29(19,30)13-10-21(24)32/h18-20,22-23,31,33H,8-17H2,1-7H3/t18-,19?,20?,22+,23?,26+,27-,28-,29+,30-/m0/s1. The highest BCUT2D eigenvalue weighted by Crippen LogP contribution is 2.89. The molecule has 34 heavy (non-hydrogen) atoms. The molecule has 0 bridgehead atoms. The van der Waals surface area contributed by atoms with E-state index >= 15 is 0 Å². The number of hydrogen-bond donors (Lipinski definition) is 2. The van der Waals surface area contributed by atoms with Gasteiger partial charge < -0.3 is 14.9 Å². The van der Waals surface area contributed by atoms with Gasteiger partial charge in [-0.3, -0.25) is 4.79 Å². The number of hydrogen-bond acceptors (Lipinski definition) is 4.